The van der Waals surface area contributed by atoms with Crippen LogP contribution in [-0.4, -0.2) is 42.9 Å². The topological polar surface area (TPSA) is 138 Å². The van der Waals surface area contributed by atoms with Crippen molar-refractivity contribution in [1.82, 2.24) is 29.9 Å². The molecule has 0 saturated carbocycles. The van der Waals surface area contributed by atoms with Crippen LogP contribution < -0.4 is 16.6 Å². The summed E-state index contributed by atoms with van der Waals surface area (Å²) in [6, 6.07) is 14.7. The number of nitrogens with one attached hydrogen (secondary N) is 1. The van der Waals surface area contributed by atoms with Crippen molar-refractivity contribution < 1.29 is 9.59 Å². The van der Waals surface area contributed by atoms with Crippen molar-refractivity contribution in [3.05, 3.63) is 93.2 Å². The first-order valence-corrected chi connectivity index (χ1v) is 11.6. The molecule has 0 spiro atoms. The Hall–Kier alpha value is -4.02. The van der Waals surface area contributed by atoms with Gasteiger partial charge in [0.05, 0.1) is 23.9 Å². The molecule has 12 heteroatoms. The Kier molecular flexibility index (Phi) is 7.77. The number of halogens is 2. The average molecular weight is 526 g/mol. The summed E-state index contributed by atoms with van der Waals surface area (Å²) in [6.07, 6.45) is 3.06. The number of hydrogen-bond acceptors (Lipinski definition) is 6. The van der Waals surface area contributed by atoms with E-state index in [2.05, 4.69) is 20.6 Å². The monoisotopic (exact) mass is 525 g/mol. The molecule has 0 aliphatic rings. The Morgan fingerprint density at radius 1 is 1.08 bits per heavy atom. The quantitative estimate of drug-likeness (QED) is 0.344. The Morgan fingerprint density at radius 2 is 1.86 bits per heavy atom. The number of aromatic nitrogens is 5. The maximum Gasteiger partial charge on any atom is 0.254 e. The van der Waals surface area contributed by atoms with Gasteiger partial charge in [0.25, 0.3) is 5.56 Å². The van der Waals surface area contributed by atoms with Gasteiger partial charge < -0.3 is 11.1 Å². The zero-order chi connectivity index (χ0) is 25.7. The number of primary amides is 1. The summed E-state index contributed by atoms with van der Waals surface area (Å²) in [4.78, 5) is 41.8. The van der Waals surface area contributed by atoms with Gasteiger partial charge in [-0.1, -0.05) is 58.7 Å². The number of carbonyl (C=O) groups excluding carboxylic acids is 2. The summed E-state index contributed by atoms with van der Waals surface area (Å²) >= 11 is 12.1. The molecule has 0 unspecified atom stereocenters. The van der Waals surface area contributed by atoms with Crippen LogP contribution in [0.2, 0.25) is 10.2 Å². The molecule has 2 aromatic carbocycles. The smallest absolute Gasteiger partial charge is 0.254 e. The lowest BCUT2D eigenvalue weighted by molar-refractivity contribution is -0.124. The van der Waals surface area contributed by atoms with Crippen molar-refractivity contribution in [2.45, 2.75) is 18.9 Å². The number of rotatable bonds is 9. The number of carbonyl (C=O) groups is 2. The second-order valence-corrected chi connectivity index (χ2v) is 8.70. The highest BCUT2D eigenvalue weighted by Gasteiger charge is 2.23. The molecule has 4 aromatic rings. The number of benzene rings is 2. The zero-order valence-electron chi connectivity index (χ0n) is 18.8. The minimum atomic E-state index is -0.901. The van der Waals surface area contributed by atoms with Crippen LogP contribution in [0.5, 0.6) is 0 Å². The minimum Gasteiger partial charge on any atom is -0.370 e. The van der Waals surface area contributed by atoms with Crippen LogP contribution in [0.15, 0.2) is 71.9 Å². The fraction of sp³-hybridized carbons (Fsp3) is 0.167. The van der Waals surface area contributed by atoms with Crippen molar-refractivity contribution in [2.24, 2.45) is 5.73 Å². The molecule has 36 heavy (non-hydrogen) atoms. The normalized spacial score (nSPS) is 11.7. The van der Waals surface area contributed by atoms with Gasteiger partial charge in [-0.2, -0.15) is 0 Å². The molecular formula is C24H21Cl2N7O3. The van der Waals surface area contributed by atoms with E-state index in [-0.39, 0.29) is 24.5 Å². The Morgan fingerprint density at radius 3 is 2.53 bits per heavy atom. The van der Waals surface area contributed by atoms with Gasteiger partial charge in [-0.25, -0.2) is 9.67 Å². The van der Waals surface area contributed by atoms with Crippen LogP contribution in [0.3, 0.4) is 0 Å². The fourth-order valence-corrected chi connectivity index (χ4v) is 3.95. The molecule has 4 rings (SSSR count). The highest BCUT2D eigenvalue weighted by atomic mass is 35.5. The zero-order valence-corrected chi connectivity index (χ0v) is 20.4. The minimum absolute atomic E-state index is 0.0142. The molecule has 2 aromatic heterocycles. The van der Waals surface area contributed by atoms with Crippen LogP contribution in [0.4, 0.5) is 0 Å². The summed E-state index contributed by atoms with van der Waals surface area (Å²) in [5.41, 5.74) is 6.99. The molecule has 10 nitrogen and oxygen atoms in total. The maximum atomic E-state index is 13.2. The number of nitrogens with zero attached hydrogens (tertiary/aromatic N) is 5. The lowest BCUT2D eigenvalue weighted by atomic mass is 10.0. The van der Waals surface area contributed by atoms with E-state index >= 15 is 0 Å². The van der Waals surface area contributed by atoms with E-state index < -0.39 is 23.4 Å². The van der Waals surface area contributed by atoms with Crippen LogP contribution in [0.1, 0.15) is 18.0 Å². The van der Waals surface area contributed by atoms with Gasteiger partial charge in [-0.3, -0.25) is 19.0 Å². The molecule has 0 fully saturated rings. The van der Waals surface area contributed by atoms with E-state index in [4.69, 9.17) is 28.9 Å². The summed E-state index contributed by atoms with van der Waals surface area (Å²) in [5, 5.41) is 11.1. The van der Waals surface area contributed by atoms with E-state index in [1.165, 1.54) is 27.8 Å². The van der Waals surface area contributed by atoms with Crippen LogP contribution in [-0.2, 0) is 16.0 Å². The largest absolute Gasteiger partial charge is 0.370 e. The third kappa shape index (κ3) is 5.96. The third-order valence-electron chi connectivity index (χ3n) is 5.36. The van der Waals surface area contributed by atoms with E-state index in [0.29, 0.717) is 22.0 Å². The average Bonchev–Trinajstić information content (AvgIpc) is 3.29. The SMILES string of the molecule is NC(=O)CCNC(=O)[C@H](Cc1ccccc1)n1cnc(-c2cc(Cl)ccc2-n2cc(Cl)nn2)cc1=O. The summed E-state index contributed by atoms with van der Waals surface area (Å²) in [6.45, 7) is 0.0616. The van der Waals surface area contributed by atoms with Crippen LogP contribution in [0, 0.1) is 0 Å². The Bertz CT molecular complexity index is 1450. The summed E-state index contributed by atoms with van der Waals surface area (Å²) in [5.74, 6) is -0.971. The van der Waals surface area contributed by atoms with Crippen molar-refractivity contribution in [3.8, 4) is 16.9 Å². The lowest BCUT2D eigenvalue weighted by Gasteiger charge is -2.20. The number of amides is 2. The highest BCUT2D eigenvalue weighted by Crippen LogP contribution is 2.28. The predicted octanol–water partition coefficient (Wildman–Crippen LogP) is 2.57. The van der Waals surface area contributed by atoms with Crippen molar-refractivity contribution in [2.75, 3.05) is 6.54 Å². The highest BCUT2D eigenvalue weighted by molar-refractivity contribution is 6.31. The van der Waals surface area contributed by atoms with Crippen molar-refractivity contribution >= 4 is 35.0 Å². The molecule has 3 N–H and O–H groups in total. The molecule has 1 atom stereocenters. The van der Waals surface area contributed by atoms with Crippen LogP contribution >= 0.6 is 23.2 Å². The number of hydrogen-bond donors (Lipinski definition) is 2. The molecule has 0 aliphatic carbocycles. The molecule has 184 valence electrons. The van der Waals surface area contributed by atoms with Crippen molar-refractivity contribution in [1.29, 1.82) is 0 Å². The van der Waals surface area contributed by atoms with Gasteiger partial charge in [-0.15, -0.1) is 5.10 Å². The second-order valence-electron chi connectivity index (χ2n) is 7.88. The van der Waals surface area contributed by atoms with Crippen molar-refractivity contribution in [3.63, 3.8) is 0 Å². The Balaban J connectivity index is 1.70. The van der Waals surface area contributed by atoms with Gasteiger partial charge in [0.15, 0.2) is 5.15 Å². The van der Waals surface area contributed by atoms with Gasteiger partial charge in [0.1, 0.15) is 6.04 Å². The first kappa shape index (κ1) is 25.1. The maximum absolute atomic E-state index is 13.2. The van der Waals surface area contributed by atoms with E-state index in [1.54, 1.807) is 18.2 Å². The van der Waals surface area contributed by atoms with Gasteiger partial charge in [-0.05, 0) is 23.8 Å². The summed E-state index contributed by atoms with van der Waals surface area (Å²) in [7, 11) is 0. The molecule has 2 amide bonds. The molecular weight excluding hydrogens is 505 g/mol. The molecule has 2 heterocycles. The molecule has 0 saturated heterocycles. The van der Waals surface area contributed by atoms with E-state index in [1.807, 2.05) is 30.3 Å². The first-order valence-electron chi connectivity index (χ1n) is 10.9. The number of nitrogens with two attached hydrogens (primary N) is 1. The standard InChI is InChI=1S/C24H21Cl2N7O3/c25-16-6-7-19(33-13-21(26)30-31-33)17(11-16)18-12-23(35)32(14-29-18)20(10-15-4-2-1-3-5-15)24(36)28-9-8-22(27)34/h1-7,11-14,20H,8-10H2,(H2,27,34)(H,28,36)/t20-/m0/s1. The van der Waals surface area contributed by atoms with E-state index in [0.717, 1.165) is 5.56 Å². The molecule has 0 bridgehead atoms. The van der Waals surface area contributed by atoms with Gasteiger partial charge in [0.2, 0.25) is 11.8 Å². The van der Waals surface area contributed by atoms with Gasteiger partial charge in [0, 0.05) is 36.0 Å². The lowest BCUT2D eigenvalue weighted by Crippen LogP contribution is -2.39. The Labute approximate surface area is 215 Å². The summed E-state index contributed by atoms with van der Waals surface area (Å²) < 4.78 is 2.71. The first-order chi connectivity index (χ1) is 17.3. The molecule has 0 aliphatic heterocycles. The molecule has 0 radical (unpaired) electrons. The third-order valence-corrected chi connectivity index (χ3v) is 5.77. The predicted molar refractivity (Wildman–Crippen MR) is 135 cm³/mol. The fourth-order valence-electron chi connectivity index (χ4n) is 3.65. The van der Waals surface area contributed by atoms with Crippen LogP contribution in [0.25, 0.3) is 16.9 Å². The van der Waals surface area contributed by atoms with Gasteiger partial charge >= 0.3 is 0 Å². The van der Waals surface area contributed by atoms with E-state index in [9.17, 15) is 14.4 Å². The second kappa shape index (κ2) is 11.1.